The average molecular weight is 515 g/mol. The highest BCUT2D eigenvalue weighted by Gasteiger charge is 2.37. The van der Waals surface area contributed by atoms with Crippen molar-refractivity contribution in [3.63, 3.8) is 0 Å². The van der Waals surface area contributed by atoms with Crippen molar-refractivity contribution in [2.45, 2.75) is 12.7 Å². The molecule has 4 aromatic rings. The summed E-state index contributed by atoms with van der Waals surface area (Å²) in [6.07, 6.45) is -3.99. The van der Waals surface area contributed by atoms with Gasteiger partial charge in [0.05, 0.1) is 19.2 Å². The first kappa shape index (κ1) is 25.2. The Hall–Kier alpha value is -4.86. The van der Waals surface area contributed by atoms with Crippen LogP contribution in [0.1, 0.15) is 17.0 Å². The Bertz CT molecular complexity index is 1650. The van der Waals surface area contributed by atoms with E-state index in [0.29, 0.717) is 17.2 Å². The molecule has 0 unspecified atom stereocenters. The Morgan fingerprint density at radius 1 is 1.08 bits per heavy atom. The molecule has 0 aliphatic rings. The number of pyridine rings is 1. The SMILES string of the molecule is COc1cc(-c2ccc(F)c(C#N)c2)ccc1Oc1c(C(F)(F)F)ccn(Cc2n[nH]c(=O)n2C)c1=O. The maximum absolute atomic E-state index is 13.7. The fourth-order valence-electron chi connectivity index (χ4n) is 3.51. The van der Waals surface area contributed by atoms with Gasteiger partial charge in [0.15, 0.2) is 17.3 Å². The number of ether oxygens (including phenoxy) is 2. The van der Waals surface area contributed by atoms with Gasteiger partial charge in [-0.15, -0.1) is 0 Å². The molecule has 37 heavy (non-hydrogen) atoms. The summed E-state index contributed by atoms with van der Waals surface area (Å²) >= 11 is 0. The number of aromatic nitrogens is 4. The zero-order chi connectivity index (χ0) is 26.9. The maximum atomic E-state index is 13.7. The van der Waals surface area contributed by atoms with E-state index in [9.17, 15) is 27.2 Å². The van der Waals surface area contributed by atoms with Gasteiger partial charge in [-0.25, -0.2) is 14.3 Å². The highest BCUT2D eigenvalue weighted by atomic mass is 19.4. The third-order valence-electron chi connectivity index (χ3n) is 5.51. The zero-order valence-corrected chi connectivity index (χ0v) is 19.3. The Labute approximate surface area is 205 Å². The first-order valence-corrected chi connectivity index (χ1v) is 10.5. The van der Waals surface area contributed by atoms with Crippen molar-refractivity contribution in [3.05, 3.63) is 92.3 Å². The molecule has 0 fully saturated rings. The van der Waals surface area contributed by atoms with E-state index in [1.165, 1.54) is 44.5 Å². The lowest BCUT2D eigenvalue weighted by molar-refractivity contribution is -0.138. The van der Waals surface area contributed by atoms with E-state index in [1.807, 2.05) is 0 Å². The molecule has 0 amide bonds. The van der Waals surface area contributed by atoms with E-state index in [-0.39, 0.29) is 29.4 Å². The number of methoxy groups -OCH3 is 1. The molecule has 0 saturated carbocycles. The highest BCUT2D eigenvalue weighted by Crippen LogP contribution is 2.40. The molecule has 2 aromatic carbocycles. The molecule has 9 nitrogen and oxygen atoms in total. The topological polar surface area (TPSA) is 115 Å². The van der Waals surface area contributed by atoms with Crippen LogP contribution in [0.3, 0.4) is 0 Å². The predicted molar refractivity (Wildman–Crippen MR) is 122 cm³/mol. The third kappa shape index (κ3) is 4.94. The Morgan fingerprint density at radius 2 is 1.78 bits per heavy atom. The summed E-state index contributed by atoms with van der Waals surface area (Å²) in [6.45, 7) is -0.301. The molecule has 0 radical (unpaired) electrons. The summed E-state index contributed by atoms with van der Waals surface area (Å²) in [5.41, 5.74) is -2.26. The number of H-pyrrole nitrogens is 1. The smallest absolute Gasteiger partial charge is 0.420 e. The van der Waals surface area contributed by atoms with E-state index in [4.69, 9.17) is 14.7 Å². The quantitative estimate of drug-likeness (QED) is 0.391. The summed E-state index contributed by atoms with van der Waals surface area (Å²) < 4.78 is 67.7. The van der Waals surface area contributed by atoms with Crippen molar-refractivity contribution < 1.29 is 27.0 Å². The number of hydrogen-bond acceptors (Lipinski definition) is 6. The van der Waals surface area contributed by atoms with Crippen LogP contribution in [0.15, 0.2) is 58.3 Å². The van der Waals surface area contributed by atoms with Gasteiger partial charge in [0.25, 0.3) is 5.56 Å². The van der Waals surface area contributed by atoms with Crippen LogP contribution in [0, 0.1) is 17.1 Å². The summed E-state index contributed by atoms with van der Waals surface area (Å²) in [5.74, 6) is -1.81. The number of halogens is 4. The average Bonchev–Trinajstić information content (AvgIpc) is 3.18. The fourth-order valence-corrected chi connectivity index (χ4v) is 3.51. The molecule has 0 spiro atoms. The molecule has 4 rings (SSSR count). The van der Waals surface area contributed by atoms with Gasteiger partial charge in [0, 0.05) is 13.2 Å². The molecule has 0 atom stereocenters. The summed E-state index contributed by atoms with van der Waals surface area (Å²) in [4.78, 5) is 24.7. The number of hydrogen-bond donors (Lipinski definition) is 1. The minimum absolute atomic E-state index is 0.0158. The summed E-state index contributed by atoms with van der Waals surface area (Å²) in [5, 5.41) is 15.0. The van der Waals surface area contributed by atoms with E-state index in [1.54, 1.807) is 6.07 Å². The van der Waals surface area contributed by atoms with Crippen LogP contribution < -0.4 is 20.7 Å². The Balaban J connectivity index is 1.77. The van der Waals surface area contributed by atoms with Gasteiger partial charge in [-0.2, -0.15) is 23.5 Å². The van der Waals surface area contributed by atoms with Crippen LogP contribution in [0.4, 0.5) is 17.6 Å². The Morgan fingerprint density at radius 3 is 2.41 bits per heavy atom. The molecule has 190 valence electrons. The minimum atomic E-state index is -4.91. The molecule has 0 aliphatic carbocycles. The second kappa shape index (κ2) is 9.65. The zero-order valence-electron chi connectivity index (χ0n) is 19.3. The number of rotatable bonds is 6. The molecular weight excluding hydrogens is 498 g/mol. The second-order valence-electron chi connectivity index (χ2n) is 7.77. The molecule has 1 N–H and O–H groups in total. The normalized spacial score (nSPS) is 11.3. The number of nitrogens with zero attached hydrogens (tertiary/aromatic N) is 4. The first-order chi connectivity index (χ1) is 17.5. The summed E-state index contributed by atoms with van der Waals surface area (Å²) in [7, 11) is 2.64. The van der Waals surface area contributed by atoms with Crippen molar-refractivity contribution in [1.29, 1.82) is 5.26 Å². The van der Waals surface area contributed by atoms with E-state index in [2.05, 4.69) is 10.2 Å². The van der Waals surface area contributed by atoms with Crippen molar-refractivity contribution in [2.24, 2.45) is 7.05 Å². The number of benzene rings is 2. The first-order valence-electron chi connectivity index (χ1n) is 10.5. The van der Waals surface area contributed by atoms with E-state index < -0.39 is 34.6 Å². The van der Waals surface area contributed by atoms with E-state index >= 15 is 0 Å². The van der Waals surface area contributed by atoms with Gasteiger partial charge in [-0.1, -0.05) is 12.1 Å². The maximum Gasteiger partial charge on any atom is 0.420 e. The predicted octanol–water partition coefficient (Wildman–Crippen LogP) is 3.82. The molecule has 0 saturated heterocycles. The number of nitrogens with one attached hydrogen (secondary N) is 1. The number of aromatic amines is 1. The van der Waals surface area contributed by atoms with Crippen LogP contribution in [0.25, 0.3) is 11.1 Å². The van der Waals surface area contributed by atoms with Crippen molar-refractivity contribution in [3.8, 4) is 34.4 Å². The van der Waals surface area contributed by atoms with Crippen molar-refractivity contribution in [2.75, 3.05) is 7.11 Å². The van der Waals surface area contributed by atoms with Crippen LogP contribution in [0.5, 0.6) is 17.2 Å². The van der Waals surface area contributed by atoms with Gasteiger partial charge in [0.1, 0.15) is 17.4 Å². The molecule has 0 aliphatic heterocycles. The van der Waals surface area contributed by atoms with Crippen LogP contribution in [0.2, 0.25) is 0 Å². The largest absolute Gasteiger partial charge is 0.493 e. The van der Waals surface area contributed by atoms with Crippen LogP contribution in [-0.2, 0) is 19.8 Å². The van der Waals surface area contributed by atoms with Crippen molar-refractivity contribution >= 4 is 0 Å². The van der Waals surface area contributed by atoms with Gasteiger partial charge >= 0.3 is 11.9 Å². The Kier molecular flexibility index (Phi) is 6.58. The monoisotopic (exact) mass is 515 g/mol. The lowest BCUT2D eigenvalue weighted by atomic mass is 10.0. The molecule has 13 heteroatoms. The number of nitriles is 1. The fraction of sp³-hybridized carbons (Fsp3) is 0.167. The lowest BCUT2D eigenvalue weighted by Gasteiger charge is -2.17. The van der Waals surface area contributed by atoms with Gasteiger partial charge in [0.2, 0.25) is 5.75 Å². The second-order valence-corrected chi connectivity index (χ2v) is 7.77. The van der Waals surface area contributed by atoms with Crippen molar-refractivity contribution in [1.82, 2.24) is 19.3 Å². The molecule has 2 heterocycles. The number of alkyl halides is 3. The van der Waals surface area contributed by atoms with Gasteiger partial charge < -0.3 is 14.0 Å². The third-order valence-corrected chi connectivity index (χ3v) is 5.51. The lowest BCUT2D eigenvalue weighted by Crippen LogP contribution is -2.26. The minimum Gasteiger partial charge on any atom is -0.493 e. The molecule has 2 aromatic heterocycles. The molecule has 0 bridgehead atoms. The summed E-state index contributed by atoms with van der Waals surface area (Å²) in [6, 6.07) is 10.4. The van der Waals surface area contributed by atoms with Crippen LogP contribution in [-0.4, -0.2) is 26.4 Å². The van der Waals surface area contributed by atoms with Gasteiger partial charge in [-0.3, -0.25) is 9.36 Å². The highest BCUT2D eigenvalue weighted by molar-refractivity contribution is 5.69. The van der Waals surface area contributed by atoms with Gasteiger partial charge in [-0.05, 0) is 41.5 Å². The van der Waals surface area contributed by atoms with Crippen LogP contribution >= 0.6 is 0 Å². The van der Waals surface area contributed by atoms with E-state index in [0.717, 1.165) is 21.4 Å². The standard InChI is InChI=1S/C24H17F4N5O4/c1-32-20(30-31-23(32)35)12-33-8-7-16(24(26,27)28)21(22(33)34)37-18-6-4-14(10-19(18)36-2)13-3-5-17(25)15(9-13)11-29/h3-10H,12H2,1-2H3,(H,31,35). The molecular formula is C24H17F4N5O4.